The van der Waals surface area contributed by atoms with Crippen LogP contribution in [0.2, 0.25) is 0 Å². The highest BCUT2D eigenvalue weighted by atomic mass is 19.1. The Morgan fingerprint density at radius 3 is 2.48 bits per heavy atom. The fourth-order valence-corrected chi connectivity index (χ4v) is 3.11. The van der Waals surface area contributed by atoms with E-state index in [4.69, 9.17) is 4.74 Å². The van der Waals surface area contributed by atoms with Gasteiger partial charge < -0.3 is 9.84 Å². The maximum Gasteiger partial charge on any atom is 0.271 e. The van der Waals surface area contributed by atoms with Crippen LogP contribution in [0.15, 0.2) is 90.0 Å². The second-order valence-electron chi connectivity index (χ2n) is 6.86. The van der Waals surface area contributed by atoms with Crippen molar-refractivity contribution in [3.8, 4) is 11.5 Å². The van der Waals surface area contributed by atoms with Crippen molar-refractivity contribution >= 4 is 22.9 Å². The Hall–Kier alpha value is -4.19. The number of carbonyl (C=O) groups is 1. The molecule has 0 fully saturated rings. The highest BCUT2D eigenvalue weighted by Gasteiger charge is 2.09. The SMILES string of the molecule is O=C(NN=Cc1c(OCc2ccc(F)cc2)ccc2ccccc12)c1ccc(O)cc1. The molecule has 0 aliphatic rings. The predicted molar refractivity (Wildman–Crippen MR) is 118 cm³/mol. The Labute approximate surface area is 178 Å². The number of benzene rings is 4. The van der Waals surface area contributed by atoms with Crippen molar-refractivity contribution < 1.29 is 19.0 Å². The molecular weight excluding hydrogens is 395 g/mol. The van der Waals surface area contributed by atoms with E-state index in [2.05, 4.69) is 10.5 Å². The monoisotopic (exact) mass is 414 g/mol. The zero-order valence-corrected chi connectivity index (χ0v) is 16.5. The molecule has 0 aliphatic carbocycles. The number of phenolic OH excluding ortho intramolecular Hbond substituents is 1. The van der Waals surface area contributed by atoms with Gasteiger partial charge in [0.2, 0.25) is 0 Å². The van der Waals surface area contributed by atoms with Crippen LogP contribution in [0, 0.1) is 5.82 Å². The summed E-state index contributed by atoms with van der Waals surface area (Å²) in [5.41, 5.74) is 4.41. The third-order valence-corrected chi connectivity index (χ3v) is 4.73. The Morgan fingerprint density at radius 1 is 0.968 bits per heavy atom. The van der Waals surface area contributed by atoms with Gasteiger partial charge >= 0.3 is 0 Å². The smallest absolute Gasteiger partial charge is 0.271 e. The number of nitrogens with one attached hydrogen (secondary N) is 1. The predicted octanol–water partition coefficient (Wildman–Crippen LogP) is 5.03. The number of hydrazone groups is 1. The van der Waals surface area contributed by atoms with E-state index >= 15 is 0 Å². The van der Waals surface area contributed by atoms with E-state index in [0.717, 1.165) is 16.3 Å². The lowest BCUT2D eigenvalue weighted by molar-refractivity contribution is 0.0955. The zero-order chi connectivity index (χ0) is 21.6. The minimum atomic E-state index is -0.398. The number of nitrogens with zero attached hydrogens (tertiary/aromatic N) is 1. The Balaban J connectivity index is 1.57. The number of phenols is 1. The first-order chi connectivity index (χ1) is 15.1. The summed E-state index contributed by atoms with van der Waals surface area (Å²) in [7, 11) is 0. The molecule has 4 aromatic carbocycles. The topological polar surface area (TPSA) is 70.9 Å². The van der Waals surface area contributed by atoms with E-state index in [1.165, 1.54) is 36.4 Å². The number of fused-ring (bicyclic) bond motifs is 1. The number of carbonyl (C=O) groups excluding carboxylic acids is 1. The number of hydrogen-bond acceptors (Lipinski definition) is 4. The van der Waals surface area contributed by atoms with E-state index in [-0.39, 0.29) is 18.2 Å². The van der Waals surface area contributed by atoms with Gasteiger partial charge in [0.25, 0.3) is 5.91 Å². The zero-order valence-electron chi connectivity index (χ0n) is 16.5. The molecule has 6 heteroatoms. The lowest BCUT2D eigenvalue weighted by atomic mass is 10.0. The molecule has 31 heavy (non-hydrogen) atoms. The van der Waals surface area contributed by atoms with Crippen LogP contribution in [-0.4, -0.2) is 17.2 Å². The highest BCUT2D eigenvalue weighted by Crippen LogP contribution is 2.27. The van der Waals surface area contributed by atoms with Gasteiger partial charge in [-0.15, -0.1) is 0 Å². The first-order valence-corrected chi connectivity index (χ1v) is 9.61. The molecule has 4 rings (SSSR count). The van der Waals surface area contributed by atoms with E-state index < -0.39 is 5.91 Å². The molecule has 0 saturated heterocycles. The summed E-state index contributed by atoms with van der Waals surface area (Å²) in [5.74, 6) is -0.0266. The summed E-state index contributed by atoms with van der Waals surface area (Å²) in [6, 6.07) is 23.6. The van der Waals surface area contributed by atoms with Gasteiger partial charge in [0.1, 0.15) is 23.9 Å². The fourth-order valence-electron chi connectivity index (χ4n) is 3.11. The van der Waals surface area contributed by atoms with Gasteiger partial charge in [-0.1, -0.05) is 42.5 Å². The quantitative estimate of drug-likeness (QED) is 0.343. The van der Waals surface area contributed by atoms with Crippen molar-refractivity contribution in [3.05, 3.63) is 107 Å². The Kier molecular flexibility index (Phi) is 5.89. The van der Waals surface area contributed by atoms with E-state index in [1.807, 2.05) is 36.4 Å². The molecule has 0 aromatic heterocycles. The number of halogens is 1. The standard InChI is InChI=1S/C25H19FN2O3/c26-20-10-5-17(6-11-20)16-31-24-14-9-18-3-1-2-4-22(18)23(24)15-27-28-25(30)19-7-12-21(29)13-8-19/h1-15,29H,16H2,(H,28,30). The molecule has 0 unspecified atom stereocenters. The van der Waals surface area contributed by atoms with Crippen LogP contribution in [0.1, 0.15) is 21.5 Å². The highest BCUT2D eigenvalue weighted by molar-refractivity contribution is 6.03. The van der Waals surface area contributed by atoms with Gasteiger partial charge in [-0.05, 0) is 58.8 Å². The van der Waals surface area contributed by atoms with Crippen LogP contribution in [0.3, 0.4) is 0 Å². The van der Waals surface area contributed by atoms with Gasteiger partial charge in [0.05, 0.1) is 6.21 Å². The summed E-state index contributed by atoms with van der Waals surface area (Å²) in [6.45, 7) is 0.263. The average molecular weight is 414 g/mol. The molecule has 0 aliphatic heterocycles. The summed E-state index contributed by atoms with van der Waals surface area (Å²) in [5, 5.41) is 15.4. The number of aromatic hydroxyl groups is 1. The summed E-state index contributed by atoms with van der Waals surface area (Å²) < 4.78 is 19.1. The van der Waals surface area contributed by atoms with Crippen molar-refractivity contribution in [2.75, 3.05) is 0 Å². The molecule has 0 saturated carbocycles. The van der Waals surface area contributed by atoms with Gasteiger partial charge in [-0.3, -0.25) is 4.79 Å². The van der Waals surface area contributed by atoms with Crippen LogP contribution in [0.4, 0.5) is 4.39 Å². The van der Waals surface area contributed by atoms with Gasteiger partial charge in [-0.2, -0.15) is 5.10 Å². The molecule has 0 radical (unpaired) electrons. The van der Waals surface area contributed by atoms with Gasteiger partial charge in [0, 0.05) is 11.1 Å². The third kappa shape index (κ3) is 4.87. The van der Waals surface area contributed by atoms with E-state index in [0.29, 0.717) is 16.9 Å². The molecule has 154 valence electrons. The minimum Gasteiger partial charge on any atom is -0.508 e. The Bertz CT molecular complexity index is 1240. The summed E-state index contributed by atoms with van der Waals surface area (Å²) in [6.07, 6.45) is 1.54. The molecule has 2 N–H and O–H groups in total. The maximum absolute atomic E-state index is 13.1. The summed E-state index contributed by atoms with van der Waals surface area (Å²) in [4.78, 5) is 12.3. The van der Waals surface area contributed by atoms with E-state index in [9.17, 15) is 14.3 Å². The lowest BCUT2D eigenvalue weighted by Gasteiger charge is -2.12. The normalized spacial score (nSPS) is 11.0. The van der Waals surface area contributed by atoms with Crippen molar-refractivity contribution in [2.24, 2.45) is 5.10 Å². The lowest BCUT2D eigenvalue weighted by Crippen LogP contribution is -2.17. The maximum atomic E-state index is 13.1. The molecule has 0 spiro atoms. The van der Waals surface area contributed by atoms with Crippen LogP contribution in [0.25, 0.3) is 10.8 Å². The molecule has 0 bridgehead atoms. The second-order valence-corrected chi connectivity index (χ2v) is 6.86. The first kappa shape index (κ1) is 20.1. The number of rotatable bonds is 6. The second kappa shape index (κ2) is 9.09. The van der Waals surface area contributed by atoms with Crippen molar-refractivity contribution in [3.63, 3.8) is 0 Å². The van der Waals surface area contributed by atoms with Crippen LogP contribution in [-0.2, 0) is 6.61 Å². The number of amides is 1. The molecule has 1 amide bonds. The average Bonchev–Trinajstić information content (AvgIpc) is 2.79. The molecule has 4 aromatic rings. The van der Waals surface area contributed by atoms with Crippen molar-refractivity contribution in [1.82, 2.24) is 5.43 Å². The van der Waals surface area contributed by atoms with Gasteiger partial charge in [0.15, 0.2) is 0 Å². The fraction of sp³-hybridized carbons (Fsp3) is 0.0400. The molecular formula is C25H19FN2O3. The minimum absolute atomic E-state index is 0.0822. The van der Waals surface area contributed by atoms with Crippen molar-refractivity contribution in [2.45, 2.75) is 6.61 Å². The number of hydrogen-bond donors (Lipinski definition) is 2. The van der Waals surface area contributed by atoms with Crippen LogP contribution in [0.5, 0.6) is 11.5 Å². The van der Waals surface area contributed by atoms with Gasteiger partial charge in [-0.25, -0.2) is 9.82 Å². The van der Waals surface area contributed by atoms with E-state index in [1.54, 1.807) is 18.3 Å². The molecule has 0 atom stereocenters. The number of ether oxygens (including phenoxy) is 1. The van der Waals surface area contributed by atoms with Crippen LogP contribution < -0.4 is 10.2 Å². The third-order valence-electron chi connectivity index (χ3n) is 4.73. The largest absolute Gasteiger partial charge is 0.508 e. The Morgan fingerprint density at radius 2 is 1.71 bits per heavy atom. The van der Waals surface area contributed by atoms with Crippen molar-refractivity contribution in [1.29, 1.82) is 0 Å². The molecule has 5 nitrogen and oxygen atoms in total. The first-order valence-electron chi connectivity index (χ1n) is 9.61. The molecule has 0 heterocycles. The van der Waals surface area contributed by atoms with Crippen LogP contribution >= 0.6 is 0 Å². The summed E-state index contributed by atoms with van der Waals surface area (Å²) >= 11 is 0.